The molecule has 2 aromatic carbocycles. The molecule has 1 fully saturated rings. The smallest absolute Gasteiger partial charge is 0.382 e. The average Bonchev–Trinajstić information content (AvgIpc) is 3.61. The van der Waals surface area contributed by atoms with E-state index in [0.717, 1.165) is 42.0 Å². The molecular formula is C27H25F4N7O. The molecule has 1 saturated heterocycles. The summed E-state index contributed by atoms with van der Waals surface area (Å²) in [5.74, 6) is 0.585. The number of alkyl halides is 3. The van der Waals surface area contributed by atoms with E-state index < -0.39 is 29.3 Å². The summed E-state index contributed by atoms with van der Waals surface area (Å²) in [6.07, 6.45) is 0.359. The molecule has 0 aliphatic carbocycles. The van der Waals surface area contributed by atoms with E-state index in [1.165, 1.54) is 4.90 Å². The van der Waals surface area contributed by atoms with Crippen LogP contribution in [0.3, 0.4) is 0 Å². The predicted octanol–water partition coefficient (Wildman–Crippen LogP) is 5.15. The van der Waals surface area contributed by atoms with Gasteiger partial charge in [-0.25, -0.2) is 19.2 Å². The van der Waals surface area contributed by atoms with Crippen molar-refractivity contribution in [2.45, 2.75) is 24.9 Å². The van der Waals surface area contributed by atoms with Gasteiger partial charge in [-0.2, -0.15) is 13.2 Å². The minimum Gasteiger partial charge on any atom is -0.382 e. The molecule has 202 valence electrons. The molecule has 0 spiro atoms. The van der Waals surface area contributed by atoms with Crippen LogP contribution >= 0.6 is 0 Å². The first-order valence-electron chi connectivity index (χ1n) is 12.5. The quantitative estimate of drug-likeness (QED) is 0.352. The van der Waals surface area contributed by atoms with Gasteiger partial charge in [0.1, 0.15) is 28.7 Å². The Morgan fingerprint density at radius 3 is 2.72 bits per heavy atom. The first kappa shape index (κ1) is 25.1. The Morgan fingerprint density at radius 1 is 1.15 bits per heavy atom. The number of amides is 2. The van der Waals surface area contributed by atoms with Crippen LogP contribution in [-0.4, -0.2) is 52.0 Å². The van der Waals surface area contributed by atoms with Gasteiger partial charge in [0.25, 0.3) is 0 Å². The maximum absolute atomic E-state index is 14.2. The lowest BCUT2D eigenvalue weighted by atomic mass is 10.1. The fourth-order valence-electron chi connectivity index (χ4n) is 5.46. The number of hydrogen-bond donors (Lipinski definition) is 2. The SMILES string of the molecule is CN1CCC(c2nc(-c3ccc4c(c3)CCN4C(=O)Nc3cc(C(F)(F)F)ccc3F)c3c(N)nccn23)C1. The first-order chi connectivity index (χ1) is 18.6. The van der Waals surface area contributed by atoms with Gasteiger partial charge in [0.2, 0.25) is 0 Å². The number of carbonyl (C=O) groups is 1. The number of urea groups is 1. The van der Waals surface area contributed by atoms with E-state index in [0.29, 0.717) is 48.4 Å². The van der Waals surface area contributed by atoms with Crippen molar-refractivity contribution in [1.29, 1.82) is 0 Å². The molecule has 2 aliphatic rings. The number of likely N-dealkylation sites (tertiary alicyclic amines) is 1. The molecule has 1 atom stereocenters. The Bertz CT molecular complexity index is 1600. The number of nitrogens with zero attached hydrogens (tertiary/aromatic N) is 5. The second-order valence-electron chi connectivity index (χ2n) is 9.97. The van der Waals surface area contributed by atoms with Crippen molar-refractivity contribution >= 4 is 28.7 Å². The lowest BCUT2D eigenvalue weighted by Gasteiger charge is -2.19. The zero-order valence-corrected chi connectivity index (χ0v) is 21.0. The molecule has 0 saturated carbocycles. The van der Waals surface area contributed by atoms with Crippen molar-refractivity contribution in [3.63, 3.8) is 0 Å². The summed E-state index contributed by atoms with van der Waals surface area (Å²) in [5, 5.41) is 2.29. The van der Waals surface area contributed by atoms with Crippen LogP contribution in [0.25, 0.3) is 16.8 Å². The van der Waals surface area contributed by atoms with E-state index in [-0.39, 0.29) is 5.92 Å². The molecule has 39 heavy (non-hydrogen) atoms. The molecule has 4 aromatic rings. The number of hydrogen-bond acceptors (Lipinski definition) is 5. The molecule has 0 radical (unpaired) electrons. The molecule has 1 unspecified atom stereocenters. The van der Waals surface area contributed by atoms with Crippen LogP contribution in [0.15, 0.2) is 48.8 Å². The predicted molar refractivity (Wildman–Crippen MR) is 139 cm³/mol. The van der Waals surface area contributed by atoms with E-state index >= 15 is 0 Å². The van der Waals surface area contributed by atoms with Crippen molar-refractivity contribution in [2.24, 2.45) is 0 Å². The zero-order valence-electron chi connectivity index (χ0n) is 21.0. The number of nitrogens with one attached hydrogen (secondary N) is 1. The molecule has 0 bridgehead atoms. The normalized spacial score (nSPS) is 17.7. The highest BCUT2D eigenvalue weighted by atomic mass is 19.4. The molecule has 12 heteroatoms. The van der Waals surface area contributed by atoms with Crippen LogP contribution in [0.4, 0.5) is 39.5 Å². The molecular weight excluding hydrogens is 514 g/mol. The number of fused-ring (bicyclic) bond motifs is 2. The average molecular weight is 540 g/mol. The number of halogens is 4. The van der Waals surface area contributed by atoms with Gasteiger partial charge in [0.05, 0.1) is 11.3 Å². The van der Waals surface area contributed by atoms with Crippen LogP contribution in [-0.2, 0) is 12.6 Å². The molecule has 2 aromatic heterocycles. The third-order valence-electron chi connectivity index (χ3n) is 7.40. The highest BCUT2D eigenvalue weighted by Gasteiger charge is 2.33. The lowest BCUT2D eigenvalue weighted by Crippen LogP contribution is -2.33. The van der Waals surface area contributed by atoms with Crippen molar-refractivity contribution in [3.8, 4) is 11.3 Å². The van der Waals surface area contributed by atoms with Gasteiger partial charge in [-0.05, 0) is 62.3 Å². The third-order valence-corrected chi connectivity index (χ3v) is 7.40. The third kappa shape index (κ3) is 4.44. The Kier molecular flexibility index (Phi) is 5.94. The van der Waals surface area contributed by atoms with Crippen LogP contribution in [0.1, 0.15) is 29.3 Å². The van der Waals surface area contributed by atoms with Crippen molar-refractivity contribution in [2.75, 3.05) is 42.6 Å². The van der Waals surface area contributed by atoms with E-state index in [9.17, 15) is 22.4 Å². The Balaban J connectivity index is 1.31. The van der Waals surface area contributed by atoms with E-state index in [2.05, 4.69) is 22.2 Å². The van der Waals surface area contributed by atoms with E-state index in [1.807, 2.05) is 22.7 Å². The minimum atomic E-state index is -4.66. The summed E-state index contributed by atoms with van der Waals surface area (Å²) in [7, 11) is 2.08. The topological polar surface area (TPSA) is 91.8 Å². The summed E-state index contributed by atoms with van der Waals surface area (Å²) in [4.78, 5) is 25.9. The maximum atomic E-state index is 14.2. The summed E-state index contributed by atoms with van der Waals surface area (Å²) in [6.45, 7) is 2.16. The van der Waals surface area contributed by atoms with Crippen LogP contribution in [0.5, 0.6) is 0 Å². The van der Waals surface area contributed by atoms with Gasteiger partial charge in [-0.3, -0.25) is 9.30 Å². The summed E-state index contributed by atoms with van der Waals surface area (Å²) in [6, 6.07) is 6.73. The Morgan fingerprint density at radius 2 is 1.97 bits per heavy atom. The standard InChI is InChI=1S/C27H25F4N7O/c1-36-9-6-17(14-36)25-35-22(23-24(32)33-8-11-38(23)25)16-2-5-21-15(12-16)7-10-37(21)26(39)34-20-13-18(27(29,30)31)3-4-19(20)28/h2-5,8,11-13,17H,6-7,9-10,14H2,1H3,(H2,32,33)(H,34,39). The highest BCUT2D eigenvalue weighted by molar-refractivity contribution is 6.03. The zero-order chi connectivity index (χ0) is 27.5. The molecule has 4 heterocycles. The molecule has 2 aliphatic heterocycles. The summed E-state index contributed by atoms with van der Waals surface area (Å²) in [5.41, 5.74) is 8.39. The Labute approximate surface area is 221 Å². The summed E-state index contributed by atoms with van der Waals surface area (Å²) >= 11 is 0. The van der Waals surface area contributed by atoms with Crippen molar-refractivity contribution < 1.29 is 22.4 Å². The van der Waals surface area contributed by atoms with Crippen LogP contribution < -0.4 is 16.0 Å². The fraction of sp³-hybridized carbons (Fsp3) is 0.296. The van der Waals surface area contributed by atoms with Crippen LogP contribution in [0, 0.1) is 5.82 Å². The number of anilines is 3. The molecule has 8 nitrogen and oxygen atoms in total. The van der Waals surface area contributed by atoms with E-state index in [4.69, 9.17) is 10.7 Å². The highest BCUT2D eigenvalue weighted by Crippen LogP contribution is 2.38. The first-order valence-corrected chi connectivity index (χ1v) is 12.5. The monoisotopic (exact) mass is 539 g/mol. The number of benzene rings is 2. The van der Waals surface area contributed by atoms with Gasteiger partial charge < -0.3 is 16.0 Å². The number of nitrogens with two attached hydrogens (primary N) is 1. The molecule has 2 amide bonds. The Hall–Kier alpha value is -4.19. The van der Waals surface area contributed by atoms with Gasteiger partial charge in [0.15, 0.2) is 0 Å². The number of nitrogen functional groups attached to an aromatic ring is 1. The van der Waals surface area contributed by atoms with Gasteiger partial charge in [-0.15, -0.1) is 0 Å². The number of rotatable bonds is 3. The van der Waals surface area contributed by atoms with Crippen molar-refractivity contribution in [1.82, 2.24) is 19.3 Å². The van der Waals surface area contributed by atoms with Gasteiger partial charge in [-0.1, -0.05) is 6.07 Å². The van der Waals surface area contributed by atoms with Gasteiger partial charge >= 0.3 is 12.2 Å². The lowest BCUT2D eigenvalue weighted by molar-refractivity contribution is -0.137. The number of aromatic nitrogens is 3. The van der Waals surface area contributed by atoms with Gasteiger partial charge in [0, 0.05) is 42.7 Å². The second kappa shape index (κ2) is 9.23. The minimum absolute atomic E-state index is 0.253. The largest absolute Gasteiger partial charge is 0.416 e. The number of likely N-dealkylation sites (N-methyl/N-ethyl adjacent to an activating group) is 1. The number of carbonyl (C=O) groups excluding carboxylic acids is 1. The van der Waals surface area contributed by atoms with Crippen molar-refractivity contribution in [3.05, 3.63) is 71.6 Å². The second-order valence-corrected chi connectivity index (χ2v) is 9.97. The maximum Gasteiger partial charge on any atom is 0.416 e. The molecule has 6 rings (SSSR count). The summed E-state index contributed by atoms with van der Waals surface area (Å²) < 4.78 is 55.4. The fourth-order valence-corrected chi connectivity index (χ4v) is 5.46. The number of imidazole rings is 1. The molecule has 3 N–H and O–H groups in total. The van der Waals surface area contributed by atoms with E-state index in [1.54, 1.807) is 12.3 Å². The van der Waals surface area contributed by atoms with Crippen LogP contribution in [0.2, 0.25) is 0 Å².